The Morgan fingerprint density at radius 3 is 2.37 bits per heavy atom. The largest absolute Gasteiger partial charge is 0.452 e. The van der Waals surface area contributed by atoms with Crippen LogP contribution in [-0.4, -0.2) is 30.5 Å². The van der Waals surface area contributed by atoms with Crippen molar-refractivity contribution in [2.75, 3.05) is 6.61 Å². The number of esters is 2. The summed E-state index contributed by atoms with van der Waals surface area (Å²) in [5, 5.41) is 2.74. The summed E-state index contributed by atoms with van der Waals surface area (Å²) in [5.74, 6) is -0.818. The summed E-state index contributed by atoms with van der Waals surface area (Å²) < 4.78 is 10.1. The van der Waals surface area contributed by atoms with Crippen molar-refractivity contribution in [3.8, 4) is 16.9 Å². The smallest absolute Gasteiger partial charge is 0.338 e. The monoisotopic (exact) mass is 369 g/mol. The molecule has 0 aliphatic rings. The van der Waals surface area contributed by atoms with E-state index in [9.17, 15) is 14.4 Å². The molecule has 1 amide bonds. The van der Waals surface area contributed by atoms with E-state index in [1.165, 1.54) is 6.92 Å². The van der Waals surface area contributed by atoms with Crippen LogP contribution >= 0.6 is 0 Å². The van der Waals surface area contributed by atoms with E-state index >= 15 is 0 Å². The third kappa shape index (κ3) is 6.26. The Kier molecular flexibility index (Phi) is 7.11. The van der Waals surface area contributed by atoms with Gasteiger partial charge >= 0.3 is 11.9 Å². The summed E-state index contributed by atoms with van der Waals surface area (Å²) in [5.41, 5.74) is 2.02. The van der Waals surface area contributed by atoms with Crippen LogP contribution < -0.4 is 10.1 Å². The highest BCUT2D eigenvalue weighted by atomic mass is 16.5. The minimum absolute atomic E-state index is 0.0366. The normalized spacial score (nSPS) is 11.4. The molecule has 2 rings (SSSR count). The minimum Gasteiger partial charge on any atom is -0.452 e. The molecule has 0 aliphatic heterocycles. The summed E-state index contributed by atoms with van der Waals surface area (Å²) in [6, 6.07) is 13.9. The molecule has 2 aromatic carbocycles. The molecule has 0 heterocycles. The molecule has 0 aromatic heterocycles. The van der Waals surface area contributed by atoms with Gasteiger partial charge < -0.3 is 14.8 Å². The molecule has 6 heteroatoms. The van der Waals surface area contributed by atoms with Crippen LogP contribution in [-0.2, 0) is 14.3 Å². The first-order valence-electron chi connectivity index (χ1n) is 8.74. The van der Waals surface area contributed by atoms with Crippen molar-refractivity contribution in [1.29, 1.82) is 0 Å². The van der Waals surface area contributed by atoms with Crippen molar-refractivity contribution in [3.05, 3.63) is 54.1 Å². The van der Waals surface area contributed by atoms with Crippen LogP contribution in [0.25, 0.3) is 11.1 Å². The first-order valence-corrected chi connectivity index (χ1v) is 8.74. The molecule has 0 spiro atoms. The molecule has 0 saturated heterocycles. The SMILES string of the molecule is CC[C@@H](C)NC(=O)COC(=O)c1cccc(-c2ccc(OC(C)=O)cc2)c1. The van der Waals surface area contributed by atoms with Crippen LogP contribution in [0.2, 0.25) is 0 Å². The van der Waals surface area contributed by atoms with E-state index in [2.05, 4.69) is 5.32 Å². The lowest BCUT2D eigenvalue weighted by atomic mass is 10.0. The summed E-state index contributed by atoms with van der Waals surface area (Å²) in [4.78, 5) is 34.9. The number of amides is 1. The zero-order valence-corrected chi connectivity index (χ0v) is 15.7. The molecule has 1 atom stereocenters. The summed E-state index contributed by atoms with van der Waals surface area (Å²) >= 11 is 0. The molecule has 0 unspecified atom stereocenters. The fraction of sp³-hybridized carbons (Fsp3) is 0.286. The lowest BCUT2D eigenvalue weighted by Crippen LogP contribution is -2.35. The number of hydrogen-bond acceptors (Lipinski definition) is 5. The molecule has 0 aliphatic carbocycles. The highest BCUT2D eigenvalue weighted by molar-refractivity contribution is 5.92. The van der Waals surface area contributed by atoms with E-state index in [4.69, 9.17) is 9.47 Å². The highest BCUT2D eigenvalue weighted by Gasteiger charge is 2.12. The number of carbonyl (C=O) groups excluding carboxylic acids is 3. The number of rotatable bonds is 7. The molecule has 27 heavy (non-hydrogen) atoms. The van der Waals surface area contributed by atoms with Crippen molar-refractivity contribution in [2.45, 2.75) is 33.2 Å². The zero-order chi connectivity index (χ0) is 19.8. The van der Waals surface area contributed by atoms with Gasteiger partial charge in [0.2, 0.25) is 0 Å². The lowest BCUT2D eigenvalue weighted by Gasteiger charge is -2.11. The standard InChI is InChI=1S/C21H23NO5/c1-4-14(2)22-20(24)13-26-21(25)18-7-5-6-17(12-18)16-8-10-19(11-9-16)27-15(3)23/h5-12,14H,4,13H2,1-3H3,(H,22,24)/t14-/m1/s1. The molecular weight excluding hydrogens is 346 g/mol. The van der Waals surface area contributed by atoms with Crippen molar-refractivity contribution in [1.82, 2.24) is 5.32 Å². The van der Waals surface area contributed by atoms with Gasteiger partial charge in [-0.3, -0.25) is 9.59 Å². The van der Waals surface area contributed by atoms with Crippen molar-refractivity contribution in [3.63, 3.8) is 0 Å². The third-order valence-electron chi connectivity index (χ3n) is 3.90. The van der Waals surface area contributed by atoms with Gasteiger partial charge in [-0.05, 0) is 48.7 Å². The highest BCUT2D eigenvalue weighted by Crippen LogP contribution is 2.23. The van der Waals surface area contributed by atoms with Crippen LogP contribution in [0.4, 0.5) is 0 Å². The van der Waals surface area contributed by atoms with Crippen LogP contribution in [0.3, 0.4) is 0 Å². The van der Waals surface area contributed by atoms with E-state index in [0.29, 0.717) is 11.3 Å². The van der Waals surface area contributed by atoms with E-state index in [1.807, 2.05) is 19.9 Å². The average Bonchev–Trinajstić information content (AvgIpc) is 2.66. The fourth-order valence-corrected chi connectivity index (χ4v) is 2.34. The maximum atomic E-state index is 12.2. The quantitative estimate of drug-likeness (QED) is 0.598. The molecule has 0 fully saturated rings. The number of hydrogen-bond donors (Lipinski definition) is 1. The Bertz CT molecular complexity index is 814. The van der Waals surface area contributed by atoms with Crippen LogP contribution in [0.15, 0.2) is 48.5 Å². The summed E-state index contributed by atoms with van der Waals surface area (Å²) in [6.45, 7) is 4.87. The van der Waals surface area contributed by atoms with Crippen LogP contribution in [0.5, 0.6) is 5.75 Å². The Hall–Kier alpha value is -3.15. The van der Waals surface area contributed by atoms with Gasteiger partial charge in [-0.1, -0.05) is 31.2 Å². The molecular formula is C21H23NO5. The van der Waals surface area contributed by atoms with E-state index < -0.39 is 5.97 Å². The predicted octanol–water partition coefficient (Wildman–Crippen LogP) is 3.35. The zero-order valence-electron chi connectivity index (χ0n) is 15.7. The predicted molar refractivity (Wildman–Crippen MR) is 101 cm³/mol. The van der Waals surface area contributed by atoms with E-state index in [1.54, 1.807) is 42.5 Å². The average molecular weight is 369 g/mol. The maximum Gasteiger partial charge on any atom is 0.338 e. The van der Waals surface area contributed by atoms with E-state index in [0.717, 1.165) is 17.5 Å². The molecule has 2 aromatic rings. The van der Waals surface area contributed by atoms with Gasteiger partial charge in [0.1, 0.15) is 5.75 Å². The van der Waals surface area contributed by atoms with Gasteiger partial charge in [0.25, 0.3) is 5.91 Å². The molecule has 0 bridgehead atoms. The van der Waals surface area contributed by atoms with Gasteiger partial charge in [-0.15, -0.1) is 0 Å². The molecule has 0 radical (unpaired) electrons. The Morgan fingerprint density at radius 1 is 1.04 bits per heavy atom. The van der Waals surface area contributed by atoms with E-state index in [-0.39, 0.29) is 24.5 Å². The topological polar surface area (TPSA) is 81.7 Å². The number of ether oxygens (including phenoxy) is 2. The van der Waals surface area contributed by atoms with Gasteiger partial charge in [-0.2, -0.15) is 0 Å². The molecule has 142 valence electrons. The second-order valence-electron chi connectivity index (χ2n) is 6.15. The van der Waals surface area contributed by atoms with Crippen LogP contribution in [0.1, 0.15) is 37.6 Å². The maximum absolute atomic E-state index is 12.2. The molecule has 0 saturated carbocycles. The second kappa shape index (κ2) is 9.52. The summed E-state index contributed by atoms with van der Waals surface area (Å²) in [7, 11) is 0. The fourth-order valence-electron chi connectivity index (χ4n) is 2.34. The Labute approximate surface area is 158 Å². The van der Waals surface area contributed by atoms with Gasteiger partial charge in [0, 0.05) is 13.0 Å². The number of carbonyl (C=O) groups is 3. The van der Waals surface area contributed by atoms with Crippen molar-refractivity contribution >= 4 is 17.8 Å². The van der Waals surface area contributed by atoms with Crippen LogP contribution in [0, 0.1) is 0 Å². The van der Waals surface area contributed by atoms with Gasteiger partial charge in [0.15, 0.2) is 6.61 Å². The molecule has 1 N–H and O–H groups in total. The van der Waals surface area contributed by atoms with Crippen molar-refractivity contribution < 1.29 is 23.9 Å². The first-order chi connectivity index (χ1) is 12.9. The summed E-state index contributed by atoms with van der Waals surface area (Å²) in [6.07, 6.45) is 0.804. The molecule has 6 nitrogen and oxygen atoms in total. The number of benzene rings is 2. The first kappa shape index (κ1) is 20.2. The minimum atomic E-state index is -0.562. The van der Waals surface area contributed by atoms with Gasteiger partial charge in [-0.25, -0.2) is 4.79 Å². The second-order valence-corrected chi connectivity index (χ2v) is 6.15. The Morgan fingerprint density at radius 2 is 1.74 bits per heavy atom. The van der Waals surface area contributed by atoms with Crippen molar-refractivity contribution in [2.24, 2.45) is 0 Å². The third-order valence-corrected chi connectivity index (χ3v) is 3.90. The van der Waals surface area contributed by atoms with Gasteiger partial charge in [0.05, 0.1) is 5.56 Å². The lowest BCUT2D eigenvalue weighted by molar-refractivity contribution is -0.131. The Balaban J connectivity index is 2.02. The number of nitrogens with one attached hydrogen (secondary N) is 1.